The van der Waals surface area contributed by atoms with E-state index in [-0.39, 0.29) is 0 Å². The second-order valence-corrected chi connectivity index (χ2v) is 2.96. The molecule has 1 saturated heterocycles. The fourth-order valence-electron chi connectivity index (χ4n) is 1.40. The molecule has 0 aromatic heterocycles. The lowest BCUT2D eigenvalue weighted by Crippen LogP contribution is -2.38. The zero-order chi connectivity index (χ0) is 7.56. The van der Waals surface area contributed by atoms with Crippen LogP contribution < -0.4 is 5.32 Å². The van der Waals surface area contributed by atoms with Gasteiger partial charge < -0.3 is 15.0 Å². The average Bonchev–Trinajstić information content (AvgIpc) is 2.33. The smallest absolute Gasteiger partial charge is 0.0862 e. The van der Waals surface area contributed by atoms with E-state index in [0.717, 1.165) is 13.1 Å². The van der Waals surface area contributed by atoms with Crippen molar-refractivity contribution in [2.45, 2.75) is 12.1 Å². The van der Waals surface area contributed by atoms with Gasteiger partial charge in [0, 0.05) is 26.2 Å². The van der Waals surface area contributed by atoms with E-state index in [9.17, 15) is 0 Å². The van der Waals surface area contributed by atoms with E-state index in [2.05, 4.69) is 24.3 Å². The summed E-state index contributed by atoms with van der Waals surface area (Å²) in [4.78, 5) is 2.20. The molecule has 10 heavy (non-hydrogen) atoms. The van der Waals surface area contributed by atoms with Gasteiger partial charge in [0.2, 0.25) is 0 Å². The van der Waals surface area contributed by atoms with Crippen molar-refractivity contribution >= 4 is 0 Å². The van der Waals surface area contributed by atoms with E-state index < -0.39 is 0 Å². The fourth-order valence-corrected chi connectivity index (χ4v) is 1.40. The largest absolute Gasteiger partial charge is 0.378 e. The monoisotopic (exact) mass is 144 g/mol. The van der Waals surface area contributed by atoms with Gasteiger partial charge in [-0.25, -0.2) is 0 Å². The Balaban J connectivity index is 2.42. The quantitative estimate of drug-likeness (QED) is 0.567. The number of hydrogen-bond acceptors (Lipinski definition) is 3. The Morgan fingerprint density at radius 2 is 2.10 bits per heavy atom. The lowest BCUT2D eigenvalue weighted by atomic mass is 10.2. The summed E-state index contributed by atoms with van der Waals surface area (Å²) in [5.74, 6) is 0. The van der Waals surface area contributed by atoms with Crippen molar-refractivity contribution in [2.24, 2.45) is 0 Å². The molecule has 0 bridgehead atoms. The first-order chi connectivity index (χ1) is 4.75. The van der Waals surface area contributed by atoms with E-state index >= 15 is 0 Å². The molecule has 3 heteroatoms. The molecule has 0 aromatic carbocycles. The van der Waals surface area contributed by atoms with Crippen molar-refractivity contribution in [1.82, 2.24) is 10.2 Å². The first-order valence-electron chi connectivity index (χ1n) is 3.65. The molecular formula is C7H16N2O. The highest BCUT2D eigenvalue weighted by atomic mass is 16.5. The fraction of sp³-hybridized carbons (Fsp3) is 1.00. The van der Waals surface area contributed by atoms with Gasteiger partial charge >= 0.3 is 0 Å². The van der Waals surface area contributed by atoms with E-state index in [1.165, 1.54) is 0 Å². The Morgan fingerprint density at radius 3 is 2.50 bits per heavy atom. The minimum Gasteiger partial charge on any atom is -0.378 e. The number of hydrogen-bond donors (Lipinski definition) is 1. The average molecular weight is 144 g/mol. The SMILES string of the molecule is CO[C@@H]1CNC[C@H]1N(C)C. The minimum absolute atomic E-state index is 0.370. The molecule has 1 aliphatic rings. The molecule has 0 saturated carbocycles. The third kappa shape index (κ3) is 1.48. The first kappa shape index (κ1) is 7.98. The van der Waals surface area contributed by atoms with E-state index in [1.54, 1.807) is 7.11 Å². The number of likely N-dealkylation sites (N-methyl/N-ethyl adjacent to an activating group) is 1. The molecule has 1 rings (SSSR count). The molecular weight excluding hydrogens is 128 g/mol. The molecule has 2 atom stereocenters. The minimum atomic E-state index is 0.370. The van der Waals surface area contributed by atoms with Crippen molar-refractivity contribution in [3.05, 3.63) is 0 Å². The molecule has 0 spiro atoms. The van der Waals surface area contributed by atoms with Crippen LogP contribution in [0.3, 0.4) is 0 Å². The van der Waals surface area contributed by atoms with Crippen LogP contribution in [0.2, 0.25) is 0 Å². The Hall–Kier alpha value is -0.120. The molecule has 3 nitrogen and oxygen atoms in total. The first-order valence-corrected chi connectivity index (χ1v) is 3.65. The predicted molar refractivity (Wildman–Crippen MR) is 41.1 cm³/mol. The van der Waals surface area contributed by atoms with Gasteiger partial charge in [0.1, 0.15) is 0 Å². The molecule has 0 aliphatic carbocycles. The van der Waals surface area contributed by atoms with Crippen molar-refractivity contribution in [3.63, 3.8) is 0 Å². The Kier molecular flexibility index (Phi) is 2.65. The van der Waals surface area contributed by atoms with Gasteiger partial charge in [-0.15, -0.1) is 0 Å². The summed E-state index contributed by atoms with van der Waals surface area (Å²) >= 11 is 0. The van der Waals surface area contributed by atoms with Crippen LogP contribution in [-0.2, 0) is 4.74 Å². The highest BCUT2D eigenvalue weighted by Crippen LogP contribution is 2.07. The molecule has 0 radical (unpaired) electrons. The maximum absolute atomic E-state index is 5.28. The molecule has 0 unspecified atom stereocenters. The summed E-state index contributed by atoms with van der Waals surface area (Å²) in [5.41, 5.74) is 0. The van der Waals surface area contributed by atoms with Gasteiger partial charge in [0.15, 0.2) is 0 Å². The van der Waals surface area contributed by atoms with Gasteiger partial charge in [0.25, 0.3) is 0 Å². The van der Waals surface area contributed by atoms with Gasteiger partial charge in [-0.2, -0.15) is 0 Å². The van der Waals surface area contributed by atoms with E-state index in [0.29, 0.717) is 12.1 Å². The van der Waals surface area contributed by atoms with Gasteiger partial charge in [-0.1, -0.05) is 0 Å². The van der Waals surface area contributed by atoms with Crippen LogP contribution in [0, 0.1) is 0 Å². The maximum Gasteiger partial charge on any atom is 0.0862 e. The highest BCUT2D eigenvalue weighted by Gasteiger charge is 2.27. The van der Waals surface area contributed by atoms with Crippen LogP contribution in [0.5, 0.6) is 0 Å². The third-order valence-electron chi connectivity index (χ3n) is 2.09. The molecule has 0 aromatic rings. The normalized spacial score (nSPS) is 33.6. The third-order valence-corrected chi connectivity index (χ3v) is 2.09. The summed E-state index contributed by atoms with van der Waals surface area (Å²) in [6.07, 6.45) is 0.370. The van der Waals surface area contributed by atoms with Crippen LogP contribution in [-0.4, -0.2) is 51.3 Å². The summed E-state index contributed by atoms with van der Waals surface area (Å²) in [5, 5.41) is 3.29. The van der Waals surface area contributed by atoms with Crippen LogP contribution >= 0.6 is 0 Å². The van der Waals surface area contributed by atoms with Gasteiger partial charge in [-0.05, 0) is 14.1 Å². The number of ether oxygens (including phenoxy) is 1. The highest BCUT2D eigenvalue weighted by molar-refractivity contribution is 4.87. The van der Waals surface area contributed by atoms with Crippen LogP contribution in [0.4, 0.5) is 0 Å². The number of nitrogens with one attached hydrogen (secondary N) is 1. The zero-order valence-electron chi connectivity index (χ0n) is 6.92. The summed E-state index contributed by atoms with van der Waals surface area (Å²) in [6.45, 7) is 2.03. The van der Waals surface area contributed by atoms with Crippen LogP contribution in [0.15, 0.2) is 0 Å². The van der Waals surface area contributed by atoms with Crippen LogP contribution in [0.25, 0.3) is 0 Å². The predicted octanol–water partition coefficient (Wildman–Crippen LogP) is -0.465. The van der Waals surface area contributed by atoms with Crippen molar-refractivity contribution in [1.29, 1.82) is 0 Å². The Bertz CT molecular complexity index is 106. The molecule has 1 N–H and O–H groups in total. The lowest BCUT2D eigenvalue weighted by Gasteiger charge is -2.23. The van der Waals surface area contributed by atoms with Crippen molar-refractivity contribution in [2.75, 3.05) is 34.3 Å². The van der Waals surface area contributed by atoms with Gasteiger partial charge in [0.05, 0.1) is 6.10 Å². The maximum atomic E-state index is 5.28. The summed E-state index contributed by atoms with van der Waals surface area (Å²) in [7, 11) is 5.95. The molecule has 1 heterocycles. The number of nitrogens with zero attached hydrogens (tertiary/aromatic N) is 1. The number of rotatable bonds is 2. The van der Waals surface area contributed by atoms with E-state index in [1.807, 2.05) is 0 Å². The van der Waals surface area contributed by atoms with Crippen molar-refractivity contribution < 1.29 is 4.74 Å². The Morgan fingerprint density at radius 1 is 1.40 bits per heavy atom. The summed E-state index contributed by atoms with van der Waals surface area (Å²) < 4.78 is 5.28. The molecule has 1 aliphatic heterocycles. The lowest BCUT2D eigenvalue weighted by molar-refractivity contribution is 0.0636. The second-order valence-electron chi connectivity index (χ2n) is 2.96. The Labute approximate surface area is 62.3 Å². The molecule has 60 valence electrons. The standard InChI is InChI=1S/C7H16N2O/c1-9(2)6-4-8-5-7(6)10-3/h6-8H,4-5H2,1-3H3/t6-,7-/m1/s1. The van der Waals surface area contributed by atoms with Crippen LogP contribution in [0.1, 0.15) is 0 Å². The topological polar surface area (TPSA) is 24.5 Å². The van der Waals surface area contributed by atoms with E-state index in [4.69, 9.17) is 4.74 Å². The summed E-state index contributed by atoms with van der Waals surface area (Å²) in [6, 6.07) is 0.546. The number of methoxy groups -OCH3 is 1. The molecule has 0 amide bonds. The van der Waals surface area contributed by atoms with Crippen molar-refractivity contribution in [3.8, 4) is 0 Å². The van der Waals surface area contributed by atoms with Gasteiger partial charge in [-0.3, -0.25) is 0 Å². The zero-order valence-corrected chi connectivity index (χ0v) is 6.92. The second kappa shape index (κ2) is 3.32. The molecule has 1 fully saturated rings.